The number of carbonyl (C=O) groups is 3. The van der Waals surface area contributed by atoms with E-state index in [9.17, 15) is 14.4 Å². The average Bonchev–Trinajstić information content (AvgIpc) is 2.64. The number of carboxylic acids is 1. The highest BCUT2D eigenvalue weighted by Gasteiger charge is 2.14. The van der Waals surface area contributed by atoms with E-state index in [2.05, 4.69) is 5.32 Å². The lowest BCUT2D eigenvalue weighted by molar-refractivity contribution is -0.136. The number of carboxylic acid groups (broad SMARTS) is 1. The molecule has 2 N–H and O–H groups in total. The number of hydrogen-bond acceptors (Lipinski definition) is 3. The van der Waals surface area contributed by atoms with E-state index in [1.165, 1.54) is 0 Å². The number of aliphatic carboxylic acids is 1. The van der Waals surface area contributed by atoms with E-state index in [-0.39, 0.29) is 18.2 Å². The van der Waals surface area contributed by atoms with Gasteiger partial charge in [-0.3, -0.25) is 14.4 Å². The fraction of sp³-hybridized carbons (Fsp3) is 0.250. The van der Waals surface area contributed by atoms with Crippen LogP contribution in [-0.4, -0.2) is 40.9 Å². The predicted molar refractivity (Wildman–Crippen MR) is 99.4 cm³/mol. The highest BCUT2D eigenvalue weighted by molar-refractivity contribution is 6.05. The molecule has 0 radical (unpaired) electrons. The van der Waals surface area contributed by atoms with E-state index >= 15 is 0 Å². The Labute approximate surface area is 152 Å². The van der Waals surface area contributed by atoms with Crippen LogP contribution in [0.15, 0.2) is 48.5 Å². The molecule has 0 aliphatic rings. The van der Waals surface area contributed by atoms with E-state index in [1.807, 2.05) is 13.8 Å². The van der Waals surface area contributed by atoms with Crippen LogP contribution in [0.1, 0.15) is 40.1 Å². The average molecular weight is 354 g/mol. The molecule has 2 aromatic rings. The minimum absolute atomic E-state index is 0.0752. The van der Waals surface area contributed by atoms with Crippen molar-refractivity contribution < 1.29 is 19.5 Å². The molecule has 0 spiro atoms. The maximum atomic E-state index is 12.4. The van der Waals surface area contributed by atoms with Gasteiger partial charge in [-0.15, -0.1) is 0 Å². The molecule has 136 valence electrons. The second-order valence-corrected chi connectivity index (χ2v) is 5.74. The standard InChI is InChI=1S/C20H22N2O4/c1-3-22(4-2)20(26)15-11-9-14(10-12-15)19(25)21-17-8-6-5-7-16(17)13-18(23)24/h5-12H,3-4,13H2,1-2H3,(H,21,25)(H,23,24). The first kappa shape index (κ1) is 19.2. The number of hydrogen-bond donors (Lipinski definition) is 2. The van der Waals surface area contributed by atoms with Crippen molar-refractivity contribution in [3.8, 4) is 0 Å². The van der Waals surface area contributed by atoms with Gasteiger partial charge in [-0.1, -0.05) is 18.2 Å². The van der Waals surface area contributed by atoms with E-state index < -0.39 is 5.97 Å². The molecular weight excluding hydrogens is 332 g/mol. The lowest BCUT2D eigenvalue weighted by atomic mass is 10.1. The highest BCUT2D eigenvalue weighted by atomic mass is 16.4. The Morgan fingerprint density at radius 3 is 2.08 bits per heavy atom. The monoisotopic (exact) mass is 354 g/mol. The van der Waals surface area contributed by atoms with Gasteiger partial charge in [0.2, 0.25) is 0 Å². The number of anilines is 1. The van der Waals surface area contributed by atoms with Crippen molar-refractivity contribution in [1.29, 1.82) is 0 Å². The quantitative estimate of drug-likeness (QED) is 0.800. The number of amides is 2. The van der Waals surface area contributed by atoms with Crippen LogP contribution in [0.3, 0.4) is 0 Å². The first-order valence-corrected chi connectivity index (χ1v) is 8.46. The van der Waals surface area contributed by atoms with Crippen LogP contribution in [0.2, 0.25) is 0 Å². The summed E-state index contributed by atoms with van der Waals surface area (Å²) in [7, 11) is 0. The third-order valence-corrected chi connectivity index (χ3v) is 4.05. The van der Waals surface area contributed by atoms with Crippen LogP contribution in [0.5, 0.6) is 0 Å². The molecule has 0 aromatic heterocycles. The van der Waals surface area contributed by atoms with E-state index in [0.717, 1.165) is 0 Å². The number of para-hydroxylation sites is 1. The lowest BCUT2D eigenvalue weighted by Gasteiger charge is -2.18. The number of carbonyl (C=O) groups excluding carboxylic acids is 2. The molecule has 0 unspecified atom stereocenters. The van der Waals surface area contributed by atoms with Gasteiger partial charge in [-0.2, -0.15) is 0 Å². The molecule has 6 heteroatoms. The molecule has 0 saturated carbocycles. The molecule has 0 heterocycles. The Hall–Kier alpha value is -3.15. The van der Waals surface area contributed by atoms with Gasteiger partial charge in [-0.05, 0) is 49.7 Å². The van der Waals surface area contributed by atoms with E-state index in [4.69, 9.17) is 5.11 Å². The molecule has 6 nitrogen and oxygen atoms in total. The molecule has 0 bridgehead atoms. The summed E-state index contributed by atoms with van der Waals surface area (Å²) in [6.45, 7) is 5.07. The number of nitrogens with one attached hydrogen (secondary N) is 1. The molecule has 0 aliphatic carbocycles. The summed E-state index contributed by atoms with van der Waals surface area (Å²) in [6.07, 6.45) is -0.173. The SMILES string of the molecule is CCN(CC)C(=O)c1ccc(C(=O)Nc2ccccc2CC(=O)O)cc1. The van der Waals surface area contributed by atoms with Crippen LogP contribution in [-0.2, 0) is 11.2 Å². The fourth-order valence-electron chi connectivity index (χ4n) is 2.61. The minimum Gasteiger partial charge on any atom is -0.481 e. The van der Waals surface area contributed by atoms with E-state index in [0.29, 0.717) is 35.5 Å². The summed E-state index contributed by atoms with van der Waals surface area (Å²) in [4.78, 5) is 37.4. The zero-order valence-corrected chi connectivity index (χ0v) is 14.9. The Morgan fingerprint density at radius 1 is 0.923 bits per heavy atom. The van der Waals surface area contributed by atoms with Crippen LogP contribution in [0, 0.1) is 0 Å². The molecule has 0 aliphatic heterocycles. The number of benzene rings is 2. The van der Waals surface area contributed by atoms with Crippen molar-refractivity contribution in [1.82, 2.24) is 4.90 Å². The van der Waals surface area contributed by atoms with Gasteiger partial charge in [0, 0.05) is 29.9 Å². The van der Waals surface area contributed by atoms with Crippen LogP contribution >= 0.6 is 0 Å². The maximum Gasteiger partial charge on any atom is 0.307 e. The van der Waals surface area contributed by atoms with Gasteiger partial charge in [-0.25, -0.2) is 0 Å². The van der Waals surface area contributed by atoms with Gasteiger partial charge in [0.1, 0.15) is 0 Å². The summed E-state index contributed by atoms with van der Waals surface area (Å²) >= 11 is 0. The minimum atomic E-state index is -0.967. The Morgan fingerprint density at radius 2 is 1.50 bits per heavy atom. The Kier molecular flexibility index (Phi) is 6.49. The second kappa shape index (κ2) is 8.80. The third-order valence-electron chi connectivity index (χ3n) is 4.05. The van der Waals surface area contributed by atoms with Gasteiger partial charge in [0.05, 0.1) is 6.42 Å². The van der Waals surface area contributed by atoms with Crippen molar-refractivity contribution >= 4 is 23.5 Å². The molecule has 26 heavy (non-hydrogen) atoms. The smallest absolute Gasteiger partial charge is 0.307 e. The van der Waals surface area contributed by atoms with Crippen LogP contribution in [0.25, 0.3) is 0 Å². The summed E-state index contributed by atoms with van der Waals surface area (Å²) < 4.78 is 0. The number of rotatable bonds is 7. The highest BCUT2D eigenvalue weighted by Crippen LogP contribution is 2.17. The fourth-order valence-corrected chi connectivity index (χ4v) is 2.61. The first-order valence-electron chi connectivity index (χ1n) is 8.46. The molecule has 2 amide bonds. The van der Waals surface area contributed by atoms with Crippen LogP contribution < -0.4 is 5.32 Å². The summed E-state index contributed by atoms with van der Waals surface area (Å²) in [5, 5.41) is 11.7. The Balaban J connectivity index is 2.14. The van der Waals surface area contributed by atoms with Crippen molar-refractivity contribution in [2.24, 2.45) is 0 Å². The largest absolute Gasteiger partial charge is 0.481 e. The molecular formula is C20H22N2O4. The van der Waals surface area contributed by atoms with Gasteiger partial charge in [0.15, 0.2) is 0 Å². The number of nitrogens with zero attached hydrogens (tertiary/aromatic N) is 1. The zero-order valence-electron chi connectivity index (χ0n) is 14.9. The van der Waals surface area contributed by atoms with Crippen molar-refractivity contribution in [2.75, 3.05) is 18.4 Å². The summed E-state index contributed by atoms with van der Waals surface area (Å²) in [5.74, 6) is -1.40. The molecule has 0 saturated heterocycles. The molecule has 0 atom stereocenters. The van der Waals surface area contributed by atoms with E-state index in [1.54, 1.807) is 53.4 Å². The van der Waals surface area contributed by atoms with Crippen molar-refractivity contribution in [3.63, 3.8) is 0 Å². The Bertz CT molecular complexity index is 796. The maximum absolute atomic E-state index is 12.4. The molecule has 0 fully saturated rings. The molecule has 2 rings (SSSR count). The summed E-state index contributed by atoms with van der Waals surface area (Å²) in [6, 6.07) is 13.2. The first-order chi connectivity index (χ1) is 12.5. The van der Waals surface area contributed by atoms with Gasteiger partial charge < -0.3 is 15.3 Å². The molecule has 2 aromatic carbocycles. The third kappa shape index (κ3) is 4.69. The normalized spacial score (nSPS) is 10.2. The second-order valence-electron chi connectivity index (χ2n) is 5.74. The van der Waals surface area contributed by atoms with Gasteiger partial charge >= 0.3 is 5.97 Å². The topological polar surface area (TPSA) is 86.7 Å². The van der Waals surface area contributed by atoms with Gasteiger partial charge in [0.25, 0.3) is 11.8 Å². The van der Waals surface area contributed by atoms with Crippen LogP contribution in [0.4, 0.5) is 5.69 Å². The summed E-state index contributed by atoms with van der Waals surface area (Å²) in [5.41, 5.74) is 1.91. The zero-order chi connectivity index (χ0) is 19.1. The van der Waals surface area contributed by atoms with Crippen molar-refractivity contribution in [3.05, 3.63) is 65.2 Å². The predicted octanol–water partition coefficient (Wildman–Crippen LogP) is 3.05. The lowest BCUT2D eigenvalue weighted by Crippen LogP contribution is -2.30. The van der Waals surface area contributed by atoms with Crippen molar-refractivity contribution in [2.45, 2.75) is 20.3 Å².